The first kappa shape index (κ1) is 33.0. The second kappa shape index (κ2) is 14.4. The summed E-state index contributed by atoms with van der Waals surface area (Å²) in [6.45, 7) is 12.7. The molecule has 6 heterocycles. The summed E-state index contributed by atoms with van der Waals surface area (Å²) in [6.07, 6.45) is 6.81. The van der Waals surface area contributed by atoms with Crippen LogP contribution in [-0.4, -0.2) is 108 Å². The molecule has 0 radical (unpaired) electrons. The Labute approximate surface area is 282 Å². The molecule has 1 unspecified atom stereocenters. The first-order chi connectivity index (χ1) is 22.2. The molecule has 15 heteroatoms. The van der Waals surface area contributed by atoms with Crippen LogP contribution in [0.4, 0.5) is 10.9 Å². The number of piperazine rings is 1. The second-order valence-electron chi connectivity index (χ2n) is 12.1. The van der Waals surface area contributed by atoms with Gasteiger partial charge in [-0.25, -0.2) is 19.7 Å². The number of thiazole rings is 1. The van der Waals surface area contributed by atoms with Crippen molar-refractivity contribution in [2.75, 3.05) is 68.8 Å². The molecule has 2 N–H and O–H groups in total. The lowest BCUT2D eigenvalue weighted by molar-refractivity contribution is 0.0532. The van der Waals surface area contributed by atoms with Crippen LogP contribution < -0.4 is 15.1 Å². The zero-order valence-corrected chi connectivity index (χ0v) is 28.7. The van der Waals surface area contributed by atoms with Gasteiger partial charge in [0, 0.05) is 64.2 Å². The predicted molar refractivity (Wildman–Crippen MR) is 180 cm³/mol. The molecule has 3 fully saturated rings. The topological polar surface area (TPSA) is 129 Å². The van der Waals surface area contributed by atoms with E-state index in [4.69, 9.17) is 47.6 Å². The minimum atomic E-state index is -0.429. The summed E-state index contributed by atoms with van der Waals surface area (Å²) in [6, 6.07) is -0.0671. The molecule has 3 saturated heterocycles. The number of esters is 1. The standard InChI is InChI=1S/C31H40Cl2N8O4S/c1-4-44-30(43)28-26(22-14-35-23(15-34-22)40-11-9-39(10-12-40)17-20-6-5-13-45-20)38-31(46-28)41-8-7-21(18(2)16-41)37-29(42)27-25(33)24(32)19(3)36-27/h14-15,18,20-21,36H,4-13,16-17H2,1-3H3,(H,37,42)/t18-,20?,21+/m0/s1. The van der Waals surface area contributed by atoms with Crippen LogP contribution >= 0.6 is 34.5 Å². The number of hydrogen-bond donors (Lipinski definition) is 2. The first-order valence-electron chi connectivity index (χ1n) is 15.9. The molecular weight excluding hydrogens is 651 g/mol. The van der Waals surface area contributed by atoms with Gasteiger partial charge < -0.3 is 29.6 Å². The fourth-order valence-electron chi connectivity index (χ4n) is 6.30. The number of aromatic nitrogens is 4. The van der Waals surface area contributed by atoms with Crippen LogP contribution in [0.3, 0.4) is 0 Å². The van der Waals surface area contributed by atoms with E-state index >= 15 is 0 Å². The maximum Gasteiger partial charge on any atom is 0.350 e. The average molecular weight is 692 g/mol. The van der Waals surface area contributed by atoms with Gasteiger partial charge in [-0.2, -0.15) is 0 Å². The summed E-state index contributed by atoms with van der Waals surface area (Å²) in [5.74, 6) is 0.201. The van der Waals surface area contributed by atoms with Crippen molar-refractivity contribution in [3.63, 3.8) is 0 Å². The van der Waals surface area contributed by atoms with E-state index in [0.717, 1.165) is 58.0 Å². The van der Waals surface area contributed by atoms with Gasteiger partial charge in [-0.15, -0.1) is 0 Å². The minimum Gasteiger partial charge on any atom is -0.462 e. The fraction of sp³-hybridized carbons (Fsp3) is 0.581. The van der Waals surface area contributed by atoms with Crippen molar-refractivity contribution < 1.29 is 19.1 Å². The number of piperidine rings is 1. The Balaban J connectivity index is 1.11. The molecule has 3 aliphatic rings. The van der Waals surface area contributed by atoms with Gasteiger partial charge in [-0.3, -0.25) is 9.69 Å². The molecule has 0 aliphatic carbocycles. The molecule has 248 valence electrons. The van der Waals surface area contributed by atoms with Crippen molar-refractivity contribution in [1.82, 2.24) is 30.2 Å². The number of rotatable bonds is 9. The Bertz CT molecular complexity index is 1540. The van der Waals surface area contributed by atoms with Crippen molar-refractivity contribution in [2.24, 2.45) is 5.92 Å². The van der Waals surface area contributed by atoms with E-state index in [2.05, 4.69) is 31.9 Å². The van der Waals surface area contributed by atoms with E-state index in [1.807, 2.05) is 0 Å². The SMILES string of the molecule is CCOC(=O)c1sc(N2CC[C@@H](NC(=O)c3[nH]c(C)c(Cl)c3Cl)[C@@H](C)C2)nc1-c1cnc(N2CCN(CC3CCCO3)CC2)cn1. The number of ether oxygens (including phenoxy) is 2. The molecule has 3 aromatic rings. The maximum atomic E-state index is 13.0. The zero-order chi connectivity index (χ0) is 32.4. The third-order valence-electron chi connectivity index (χ3n) is 8.91. The van der Waals surface area contributed by atoms with Crippen LogP contribution in [0.25, 0.3) is 11.4 Å². The summed E-state index contributed by atoms with van der Waals surface area (Å²) in [4.78, 5) is 50.5. The second-order valence-corrected chi connectivity index (χ2v) is 13.9. The molecule has 3 aromatic heterocycles. The highest BCUT2D eigenvalue weighted by Gasteiger charge is 2.32. The van der Waals surface area contributed by atoms with E-state index < -0.39 is 5.97 Å². The summed E-state index contributed by atoms with van der Waals surface area (Å²) in [5.41, 5.74) is 1.92. The van der Waals surface area contributed by atoms with Crippen LogP contribution in [0.2, 0.25) is 10.0 Å². The number of nitrogens with one attached hydrogen (secondary N) is 2. The molecular formula is C31H40Cl2N8O4S. The Morgan fingerprint density at radius 3 is 2.54 bits per heavy atom. The number of hydrogen-bond acceptors (Lipinski definition) is 11. The third kappa shape index (κ3) is 7.13. The summed E-state index contributed by atoms with van der Waals surface area (Å²) >= 11 is 13.7. The van der Waals surface area contributed by atoms with Gasteiger partial charge >= 0.3 is 5.97 Å². The molecule has 3 atom stereocenters. The van der Waals surface area contributed by atoms with E-state index in [1.54, 1.807) is 26.2 Å². The van der Waals surface area contributed by atoms with Gasteiger partial charge in [0.05, 0.1) is 35.1 Å². The molecule has 0 aromatic carbocycles. The molecule has 6 rings (SSSR count). The van der Waals surface area contributed by atoms with Crippen molar-refractivity contribution >= 4 is 57.4 Å². The number of halogens is 2. The van der Waals surface area contributed by atoms with Gasteiger partial charge in [0.15, 0.2) is 5.13 Å². The van der Waals surface area contributed by atoms with Gasteiger partial charge in [0.25, 0.3) is 5.91 Å². The molecule has 46 heavy (non-hydrogen) atoms. The van der Waals surface area contributed by atoms with Crippen LogP contribution in [0.15, 0.2) is 12.4 Å². The van der Waals surface area contributed by atoms with E-state index in [0.29, 0.717) is 57.7 Å². The fourth-order valence-corrected chi connectivity index (χ4v) is 7.72. The van der Waals surface area contributed by atoms with Gasteiger partial charge in [-0.1, -0.05) is 41.5 Å². The highest BCUT2D eigenvalue weighted by molar-refractivity contribution is 7.17. The van der Waals surface area contributed by atoms with E-state index in [-0.39, 0.29) is 35.2 Å². The minimum absolute atomic E-state index is 0.0671. The quantitative estimate of drug-likeness (QED) is 0.306. The highest BCUT2D eigenvalue weighted by Crippen LogP contribution is 2.35. The van der Waals surface area contributed by atoms with Crippen LogP contribution in [-0.2, 0) is 9.47 Å². The van der Waals surface area contributed by atoms with Crippen molar-refractivity contribution in [3.8, 4) is 11.4 Å². The van der Waals surface area contributed by atoms with Crippen LogP contribution in [0.1, 0.15) is 59.0 Å². The van der Waals surface area contributed by atoms with Crippen molar-refractivity contribution in [3.05, 3.63) is 38.7 Å². The molecule has 0 spiro atoms. The molecule has 12 nitrogen and oxygen atoms in total. The van der Waals surface area contributed by atoms with Crippen LogP contribution in [0.5, 0.6) is 0 Å². The number of aryl methyl sites for hydroxylation is 1. The number of aromatic amines is 1. The summed E-state index contributed by atoms with van der Waals surface area (Å²) in [7, 11) is 0. The van der Waals surface area contributed by atoms with Gasteiger partial charge in [0.1, 0.15) is 27.8 Å². The average Bonchev–Trinajstić information content (AvgIpc) is 3.80. The largest absolute Gasteiger partial charge is 0.462 e. The Morgan fingerprint density at radius 2 is 1.91 bits per heavy atom. The zero-order valence-electron chi connectivity index (χ0n) is 26.4. The molecule has 3 aliphatic heterocycles. The van der Waals surface area contributed by atoms with Gasteiger partial charge in [-0.05, 0) is 39.0 Å². The normalized spacial score (nSPS) is 22.3. The number of amides is 1. The number of carbonyl (C=O) groups is 2. The predicted octanol–water partition coefficient (Wildman–Crippen LogP) is 4.67. The lowest BCUT2D eigenvalue weighted by Gasteiger charge is -2.37. The molecule has 1 amide bonds. The van der Waals surface area contributed by atoms with Gasteiger partial charge in [0.2, 0.25) is 0 Å². The number of H-pyrrole nitrogens is 1. The Morgan fingerprint density at radius 1 is 1.11 bits per heavy atom. The smallest absolute Gasteiger partial charge is 0.350 e. The lowest BCUT2D eigenvalue weighted by atomic mass is 9.94. The third-order valence-corrected chi connectivity index (χ3v) is 11.0. The number of carbonyl (C=O) groups excluding carboxylic acids is 2. The molecule has 0 saturated carbocycles. The monoisotopic (exact) mass is 690 g/mol. The van der Waals surface area contributed by atoms with E-state index in [1.165, 1.54) is 11.3 Å². The number of anilines is 2. The van der Waals surface area contributed by atoms with Crippen LogP contribution in [0, 0.1) is 12.8 Å². The Hall–Kier alpha value is -2.97. The Kier molecular flexibility index (Phi) is 10.3. The van der Waals surface area contributed by atoms with E-state index in [9.17, 15) is 9.59 Å². The number of nitrogens with zero attached hydrogens (tertiary/aromatic N) is 6. The lowest BCUT2D eigenvalue weighted by Crippen LogP contribution is -2.50. The highest BCUT2D eigenvalue weighted by atomic mass is 35.5. The first-order valence-corrected chi connectivity index (χ1v) is 17.5. The summed E-state index contributed by atoms with van der Waals surface area (Å²) < 4.78 is 11.2. The van der Waals surface area contributed by atoms with Crippen molar-refractivity contribution in [1.29, 1.82) is 0 Å². The maximum absolute atomic E-state index is 13.0. The summed E-state index contributed by atoms with van der Waals surface area (Å²) in [5, 5.41) is 4.40. The molecule has 0 bridgehead atoms. The van der Waals surface area contributed by atoms with Crippen molar-refractivity contribution in [2.45, 2.75) is 52.2 Å².